The largest absolute Gasteiger partial charge is 0.462 e. The van der Waals surface area contributed by atoms with E-state index >= 15 is 0 Å². The Labute approximate surface area is 374 Å². The zero-order valence-electron chi connectivity index (χ0n) is 41.3. The smallest absolute Gasteiger partial charge is 0.306 e. The van der Waals surface area contributed by atoms with Gasteiger partial charge >= 0.3 is 17.9 Å². The molecule has 0 saturated heterocycles. The quantitative estimate of drug-likeness (QED) is 0.0345. The molecular formula is C54H104O6. The summed E-state index contributed by atoms with van der Waals surface area (Å²) < 4.78 is 16.8. The molecule has 0 aromatic carbocycles. The van der Waals surface area contributed by atoms with Crippen molar-refractivity contribution >= 4 is 17.9 Å². The molecule has 0 bridgehead atoms. The summed E-state index contributed by atoms with van der Waals surface area (Å²) in [5, 5.41) is 0. The highest BCUT2D eigenvalue weighted by Gasteiger charge is 2.19. The zero-order chi connectivity index (χ0) is 44.2. The number of hydrogen-bond donors (Lipinski definition) is 0. The minimum Gasteiger partial charge on any atom is -0.462 e. The van der Waals surface area contributed by atoms with Crippen molar-refractivity contribution in [3.8, 4) is 0 Å². The molecule has 356 valence electrons. The zero-order valence-corrected chi connectivity index (χ0v) is 41.3. The Bertz CT molecular complexity index is 929. The second-order valence-electron chi connectivity index (χ2n) is 19.9. The van der Waals surface area contributed by atoms with Gasteiger partial charge in [0, 0.05) is 19.3 Å². The number of unbranched alkanes of at least 4 members (excludes halogenated alkanes) is 30. The maximum atomic E-state index is 12.8. The van der Waals surface area contributed by atoms with Gasteiger partial charge in [0.05, 0.1) is 0 Å². The van der Waals surface area contributed by atoms with Crippen LogP contribution in [0.15, 0.2) is 0 Å². The highest BCUT2D eigenvalue weighted by atomic mass is 16.6. The van der Waals surface area contributed by atoms with Crippen LogP contribution >= 0.6 is 0 Å². The molecule has 6 nitrogen and oxygen atoms in total. The minimum atomic E-state index is -0.763. The Hall–Kier alpha value is -1.59. The van der Waals surface area contributed by atoms with Gasteiger partial charge in [0.1, 0.15) is 13.2 Å². The van der Waals surface area contributed by atoms with E-state index in [2.05, 4.69) is 41.5 Å². The van der Waals surface area contributed by atoms with Crippen molar-refractivity contribution in [2.24, 2.45) is 17.8 Å². The van der Waals surface area contributed by atoms with Gasteiger partial charge in [0.15, 0.2) is 6.10 Å². The average Bonchev–Trinajstić information content (AvgIpc) is 3.20. The van der Waals surface area contributed by atoms with Crippen molar-refractivity contribution in [1.82, 2.24) is 0 Å². The van der Waals surface area contributed by atoms with E-state index in [0.29, 0.717) is 19.3 Å². The van der Waals surface area contributed by atoms with Crippen molar-refractivity contribution in [3.63, 3.8) is 0 Å². The van der Waals surface area contributed by atoms with Crippen LogP contribution in [0.2, 0.25) is 0 Å². The molecule has 0 saturated carbocycles. The predicted molar refractivity (Wildman–Crippen MR) is 256 cm³/mol. The van der Waals surface area contributed by atoms with Gasteiger partial charge in [-0.05, 0) is 37.0 Å². The lowest BCUT2D eigenvalue weighted by Crippen LogP contribution is -2.30. The predicted octanol–water partition coefficient (Wildman–Crippen LogP) is 17.2. The van der Waals surface area contributed by atoms with E-state index in [-0.39, 0.29) is 31.1 Å². The first kappa shape index (κ1) is 58.4. The van der Waals surface area contributed by atoms with Crippen LogP contribution in [0, 0.1) is 17.8 Å². The normalized spacial score (nSPS) is 12.2. The topological polar surface area (TPSA) is 78.9 Å². The van der Waals surface area contributed by atoms with E-state index in [0.717, 1.165) is 75.5 Å². The summed E-state index contributed by atoms with van der Waals surface area (Å²) in [4.78, 5) is 38.0. The van der Waals surface area contributed by atoms with E-state index in [9.17, 15) is 14.4 Å². The molecule has 0 aliphatic carbocycles. The van der Waals surface area contributed by atoms with Crippen molar-refractivity contribution in [2.45, 2.75) is 298 Å². The lowest BCUT2D eigenvalue weighted by Gasteiger charge is -2.18. The third kappa shape index (κ3) is 47.5. The van der Waals surface area contributed by atoms with Crippen molar-refractivity contribution in [2.75, 3.05) is 13.2 Å². The lowest BCUT2D eigenvalue weighted by atomic mass is 10.0. The number of esters is 3. The molecule has 0 N–H and O–H groups in total. The van der Waals surface area contributed by atoms with Crippen LogP contribution in [0.1, 0.15) is 292 Å². The second-order valence-corrected chi connectivity index (χ2v) is 19.9. The summed E-state index contributed by atoms with van der Waals surface area (Å²) in [7, 11) is 0. The maximum absolute atomic E-state index is 12.8. The maximum Gasteiger partial charge on any atom is 0.306 e. The lowest BCUT2D eigenvalue weighted by molar-refractivity contribution is -0.167. The van der Waals surface area contributed by atoms with E-state index in [1.54, 1.807) is 0 Å². The first-order valence-corrected chi connectivity index (χ1v) is 26.6. The molecule has 0 aromatic rings. The van der Waals surface area contributed by atoms with Gasteiger partial charge in [0.25, 0.3) is 0 Å². The number of rotatable bonds is 47. The van der Waals surface area contributed by atoms with Crippen molar-refractivity contribution < 1.29 is 28.6 Å². The Morgan fingerprint density at radius 3 is 0.717 bits per heavy atom. The fraction of sp³-hybridized carbons (Fsp3) is 0.944. The molecule has 0 rings (SSSR count). The molecule has 0 aromatic heterocycles. The van der Waals surface area contributed by atoms with Crippen LogP contribution in [0.25, 0.3) is 0 Å². The molecule has 0 unspecified atom stereocenters. The molecule has 0 radical (unpaired) electrons. The van der Waals surface area contributed by atoms with Crippen molar-refractivity contribution in [3.05, 3.63) is 0 Å². The van der Waals surface area contributed by atoms with Crippen LogP contribution in [-0.2, 0) is 28.6 Å². The third-order valence-electron chi connectivity index (χ3n) is 12.1. The number of ether oxygens (including phenoxy) is 3. The van der Waals surface area contributed by atoms with Gasteiger partial charge in [-0.1, -0.05) is 253 Å². The molecule has 6 heteroatoms. The minimum absolute atomic E-state index is 0.0647. The van der Waals surface area contributed by atoms with Gasteiger partial charge in [-0.3, -0.25) is 14.4 Å². The third-order valence-corrected chi connectivity index (χ3v) is 12.1. The molecule has 0 spiro atoms. The summed E-state index contributed by atoms with van der Waals surface area (Å²) in [5.41, 5.74) is 0. The monoisotopic (exact) mass is 849 g/mol. The second kappa shape index (κ2) is 45.4. The molecule has 60 heavy (non-hydrogen) atoms. The summed E-state index contributed by atoms with van der Waals surface area (Å²) in [6.07, 6.45) is 45.2. The van der Waals surface area contributed by atoms with Crippen LogP contribution in [0.5, 0.6) is 0 Å². The summed E-state index contributed by atoms with van der Waals surface area (Å²) in [6.45, 7) is 13.7. The van der Waals surface area contributed by atoms with Gasteiger partial charge < -0.3 is 14.2 Å². The molecule has 0 amide bonds. The van der Waals surface area contributed by atoms with Gasteiger partial charge in [-0.15, -0.1) is 0 Å². The standard InChI is InChI=1S/C54H104O6/c1-48(2)40-34-28-22-16-12-9-7-8-10-14-19-27-33-39-45-54(57)60-51(47-59-53(56)44-38-32-26-21-20-24-30-36-42-50(5)6)46-58-52(55)43-37-31-25-18-15-11-13-17-23-29-35-41-49(3)4/h48-51H,7-47H2,1-6H3/t51-/m0/s1. The molecule has 0 heterocycles. The Morgan fingerprint density at radius 1 is 0.283 bits per heavy atom. The number of carbonyl (C=O) groups excluding carboxylic acids is 3. The van der Waals surface area contributed by atoms with Gasteiger partial charge in [-0.2, -0.15) is 0 Å². The van der Waals surface area contributed by atoms with E-state index in [4.69, 9.17) is 14.2 Å². The SMILES string of the molecule is CC(C)CCCCCCCCCCCCCCCCC(=O)O[C@@H](COC(=O)CCCCCCCCCCCCCC(C)C)COC(=O)CCCCCCCCCCC(C)C. The molecule has 1 atom stereocenters. The summed E-state index contributed by atoms with van der Waals surface area (Å²) in [5.74, 6) is 1.61. The number of hydrogen-bond acceptors (Lipinski definition) is 6. The molecule has 0 aliphatic heterocycles. The van der Waals surface area contributed by atoms with Gasteiger partial charge in [0.2, 0.25) is 0 Å². The van der Waals surface area contributed by atoms with Crippen LogP contribution < -0.4 is 0 Å². The van der Waals surface area contributed by atoms with Crippen LogP contribution in [0.3, 0.4) is 0 Å². The Balaban J connectivity index is 4.30. The molecular weight excluding hydrogens is 745 g/mol. The van der Waals surface area contributed by atoms with Gasteiger partial charge in [-0.25, -0.2) is 0 Å². The Morgan fingerprint density at radius 2 is 0.483 bits per heavy atom. The van der Waals surface area contributed by atoms with Crippen molar-refractivity contribution in [1.29, 1.82) is 0 Å². The summed E-state index contributed by atoms with van der Waals surface area (Å²) in [6, 6.07) is 0. The summed E-state index contributed by atoms with van der Waals surface area (Å²) >= 11 is 0. The fourth-order valence-electron chi connectivity index (χ4n) is 8.12. The van der Waals surface area contributed by atoms with E-state index < -0.39 is 6.10 Å². The van der Waals surface area contributed by atoms with Crippen LogP contribution in [-0.4, -0.2) is 37.2 Å². The molecule has 0 fully saturated rings. The van der Waals surface area contributed by atoms with Crippen LogP contribution in [0.4, 0.5) is 0 Å². The number of carbonyl (C=O) groups is 3. The highest BCUT2D eigenvalue weighted by Crippen LogP contribution is 2.18. The highest BCUT2D eigenvalue weighted by molar-refractivity contribution is 5.71. The molecule has 0 aliphatic rings. The van der Waals surface area contributed by atoms with E-state index in [1.165, 1.54) is 173 Å². The fourth-order valence-corrected chi connectivity index (χ4v) is 8.12. The first-order chi connectivity index (χ1) is 29.1. The Kier molecular flexibility index (Phi) is 44.2. The van der Waals surface area contributed by atoms with E-state index in [1.807, 2.05) is 0 Å². The first-order valence-electron chi connectivity index (χ1n) is 26.6. The average molecular weight is 849 g/mol.